The van der Waals surface area contributed by atoms with Gasteiger partial charge in [-0.3, -0.25) is 4.90 Å². The Balaban J connectivity index is 2.91. The van der Waals surface area contributed by atoms with E-state index in [9.17, 15) is 0 Å². The van der Waals surface area contributed by atoms with E-state index >= 15 is 0 Å². The molecule has 1 unspecified atom stereocenters. The topological polar surface area (TPSA) is 29.3 Å². The quantitative estimate of drug-likeness (QED) is 0.813. The van der Waals surface area contributed by atoms with E-state index in [0.29, 0.717) is 24.4 Å². The molecule has 1 aromatic carbocycles. The lowest BCUT2D eigenvalue weighted by Gasteiger charge is -2.34. The second-order valence-electron chi connectivity index (χ2n) is 6.40. The fraction of sp³-hybridized carbons (Fsp3) is 0.647. The van der Waals surface area contributed by atoms with Gasteiger partial charge in [0.1, 0.15) is 0 Å². The van der Waals surface area contributed by atoms with Crippen LogP contribution in [0.2, 0.25) is 0 Å². The molecule has 2 N–H and O–H groups in total. The lowest BCUT2D eigenvalue weighted by Crippen LogP contribution is -2.38. The minimum Gasteiger partial charge on any atom is -0.329 e. The largest absolute Gasteiger partial charge is 0.329 e. The number of hydrogen-bond donors (Lipinski definition) is 1. The molecule has 2 heteroatoms. The highest BCUT2D eigenvalue weighted by Gasteiger charge is 2.20. The van der Waals surface area contributed by atoms with Gasteiger partial charge in [-0.05, 0) is 24.3 Å². The Morgan fingerprint density at radius 1 is 0.947 bits per heavy atom. The van der Waals surface area contributed by atoms with Gasteiger partial charge in [-0.25, -0.2) is 0 Å². The number of nitrogens with zero attached hydrogens (tertiary/aromatic N) is 1. The van der Waals surface area contributed by atoms with E-state index in [1.54, 1.807) is 0 Å². The zero-order valence-corrected chi connectivity index (χ0v) is 13.2. The first-order chi connectivity index (χ1) is 8.93. The molecule has 0 fully saturated rings. The van der Waals surface area contributed by atoms with E-state index in [4.69, 9.17) is 5.73 Å². The summed E-state index contributed by atoms with van der Waals surface area (Å²) < 4.78 is 0. The number of aryl methyl sites for hydroxylation is 1. The number of benzene rings is 1. The zero-order valence-electron chi connectivity index (χ0n) is 13.2. The average Bonchev–Trinajstić information content (AvgIpc) is 2.30. The number of rotatable bonds is 7. The SMILES string of the molecule is Cc1ccc(C(CN)N(CC(C)C)CC(C)C)cc1. The third-order valence-corrected chi connectivity index (χ3v) is 3.33. The molecule has 0 aliphatic heterocycles. The van der Waals surface area contributed by atoms with Crippen LogP contribution in [0.3, 0.4) is 0 Å². The maximum Gasteiger partial charge on any atom is 0.0470 e. The molecule has 0 aliphatic rings. The van der Waals surface area contributed by atoms with Crippen molar-refractivity contribution in [3.63, 3.8) is 0 Å². The molecular formula is C17H30N2. The average molecular weight is 262 g/mol. The summed E-state index contributed by atoms with van der Waals surface area (Å²) >= 11 is 0. The van der Waals surface area contributed by atoms with Gasteiger partial charge in [0.25, 0.3) is 0 Å². The molecule has 0 amide bonds. The summed E-state index contributed by atoms with van der Waals surface area (Å²) in [5.41, 5.74) is 8.70. The summed E-state index contributed by atoms with van der Waals surface area (Å²) in [5, 5.41) is 0. The van der Waals surface area contributed by atoms with Crippen molar-refractivity contribution < 1.29 is 0 Å². The van der Waals surface area contributed by atoms with Gasteiger partial charge >= 0.3 is 0 Å². The van der Waals surface area contributed by atoms with Gasteiger partial charge in [-0.2, -0.15) is 0 Å². The van der Waals surface area contributed by atoms with Crippen LogP contribution < -0.4 is 5.73 Å². The number of nitrogens with two attached hydrogens (primary N) is 1. The van der Waals surface area contributed by atoms with Crippen LogP contribution in [0.15, 0.2) is 24.3 Å². The van der Waals surface area contributed by atoms with Gasteiger partial charge in [-0.15, -0.1) is 0 Å². The van der Waals surface area contributed by atoms with Gasteiger partial charge in [0.05, 0.1) is 0 Å². The second kappa shape index (κ2) is 7.66. The Hall–Kier alpha value is -0.860. The summed E-state index contributed by atoms with van der Waals surface area (Å²) in [5.74, 6) is 1.33. The first kappa shape index (κ1) is 16.2. The maximum atomic E-state index is 6.05. The lowest BCUT2D eigenvalue weighted by molar-refractivity contribution is 0.160. The van der Waals surface area contributed by atoms with Gasteiger partial charge in [-0.1, -0.05) is 57.5 Å². The van der Waals surface area contributed by atoms with E-state index in [1.807, 2.05) is 0 Å². The van der Waals surface area contributed by atoms with E-state index in [0.717, 1.165) is 13.1 Å². The van der Waals surface area contributed by atoms with Crippen molar-refractivity contribution in [3.8, 4) is 0 Å². The van der Waals surface area contributed by atoms with Crippen LogP contribution in [0, 0.1) is 18.8 Å². The van der Waals surface area contributed by atoms with Crippen LogP contribution in [0.4, 0.5) is 0 Å². The minimum absolute atomic E-state index is 0.338. The predicted octanol–water partition coefficient (Wildman–Crippen LogP) is 3.61. The molecule has 0 bridgehead atoms. The Morgan fingerprint density at radius 2 is 1.42 bits per heavy atom. The first-order valence-electron chi connectivity index (χ1n) is 7.44. The molecule has 0 aromatic heterocycles. The summed E-state index contributed by atoms with van der Waals surface area (Å²) in [6, 6.07) is 9.15. The van der Waals surface area contributed by atoms with Crippen molar-refractivity contribution in [2.24, 2.45) is 17.6 Å². The molecular weight excluding hydrogens is 232 g/mol. The Morgan fingerprint density at radius 3 is 1.79 bits per heavy atom. The molecule has 0 spiro atoms. The molecule has 0 saturated carbocycles. The molecule has 1 atom stereocenters. The third kappa shape index (κ3) is 5.33. The van der Waals surface area contributed by atoms with Crippen LogP contribution in [0.5, 0.6) is 0 Å². The molecule has 1 aromatic rings. The molecule has 2 nitrogen and oxygen atoms in total. The van der Waals surface area contributed by atoms with Gasteiger partial charge in [0.2, 0.25) is 0 Å². The van der Waals surface area contributed by atoms with E-state index < -0.39 is 0 Å². The first-order valence-corrected chi connectivity index (χ1v) is 7.44. The van der Waals surface area contributed by atoms with Crippen LogP contribution >= 0.6 is 0 Å². The van der Waals surface area contributed by atoms with Crippen LogP contribution in [-0.2, 0) is 0 Å². The van der Waals surface area contributed by atoms with Gasteiger partial charge in [0.15, 0.2) is 0 Å². The Kier molecular flexibility index (Phi) is 6.53. The van der Waals surface area contributed by atoms with Gasteiger partial charge < -0.3 is 5.73 Å². The lowest BCUT2D eigenvalue weighted by atomic mass is 10.0. The van der Waals surface area contributed by atoms with Crippen molar-refractivity contribution in [2.45, 2.75) is 40.7 Å². The molecule has 0 radical (unpaired) electrons. The van der Waals surface area contributed by atoms with Crippen molar-refractivity contribution in [1.29, 1.82) is 0 Å². The maximum absolute atomic E-state index is 6.05. The summed E-state index contributed by atoms with van der Waals surface area (Å²) in [6.45, 7) is 14.1. The van der Waals surface area contributed by atoms with Crippen LogP contribution in [0.1, 0.15) is 44.9 Å². The summed E-state index contributed by atoms with van der Waals surface area (Å²) in [4.78, 5) is 2.54. The fourth-order valence-corrected chi connectivity index (χ4v) is 2.55. The molecule has 108 valence electrons. The van der Waals surface area contributed by atoms with Crippen molar-refractivity contribution in [3.05, 3.63) is 35.4 Å². The molecule has 19 heavy (non-hydrogen) atoms. The van der Waals surface area contributed by atoms with Crippen molar-refractivity contribution in [1.82, 2.24) is 4.90 Å². The fourth-order valence-electron chi connectivity index (χ4n) is 2.55. The van der Waals surface area contributed by atoms with Gasteiger partial charge in [0, 0.05) is 25.7 Å². The molecule has 0 saturated heterocycles. The van der Waals surface area contributed by atoms with E-state index in [1.165, 1.54) is 11.1 Å². The Labute approximate surface area is 119 Å². The van der Waals surface area contributed by atoms with Crippen LogP contribution in [-0.4, -0.2) is 24.5 Å². The summed E-state index contributed by atoms with van der Waals surface area (Å²) in [7, 11) is 0. The Bertz CT molecular complexity index is 344. The highest BCUT2D eigenvalue weighted by atomic mass is 15.2. The molecule has 0 heterocycles. The minimum atomic E-state index is 0.338. The monoisotopic (exact) mass is 262 g/mol. The van der Waals surface area contributed by atoms with Crippen molar-refractivity contribution >= 4 is 0 Å². The highest BCUT2D eigenvalue weighted by Crippen LogP contribution is 2.22. The third-order valence-electron chi connectivity index (χ3n) is 3.33. The van der Waals surface area contributed by atoms with Crippen LogP contribution in [0.25, 0.3) is 0 Å². The highest BCUT2D eigenvalue weighted by molar-refractivity contribution is 5.24. The molecule has 1 rings (SSSR count). The zero-order chi connectivity index (χ0) is 14.4. The van der Waals surface area contributed by atoms with E-state index in [2.05, 4.69) is 63.8 Å². The second-order valence-corrected chi connectivity index (χ2v) is 6.40. The van der Waals surface area contributed by atoms with Crippen molar-refractivity contribution in [2.75, 3.05) is 19.6 Å². The predicted molar refractivity (Wildman–Crippen MR) is 84.2 cm³/mol. The number of hydrogen-bond acceptors (Lipinski definition) is 2. The smallest absolute Gasteiger partial charge is 0.0470 e. The summed E-state index contributed by atoms with van der Waals surface area (Å²) in [6.07, 6.45) is 0. The normalized spacial score (nSPS) is 13.5. The standard InChI is InChI=1S/C17H30N2/c1-13(2)11-19(12-14(3)4)17(10-18)16-8-6-15(5)7-9-16/h6-9,13-14,17H,10-12,18H2,1-5H3. The molecule has 0 aliphatic carbocycles. The van der Waals surface area contributed by atoms with E-state index in [-0.39, 0.29) is 0 Å².